The molecule has 0 saturated carbocycles. The van der Waals surface area contributed by atoms with Crippen molar-refractivity contribution in [1.82, 2.24) is 10.2 Å². The van der Waals surface area contributed by atoms with Gasteiger partial charge in [-0.25, -0.2) is 4.79 Å². The highest BCUT2D eigenvalue weighted by Gasteiger charge is 2.30. The molecule has 1 atom stereocenters. The number of alkyl carbamates (subject to hydrolysis) is 1. The molecule has 0 bridgehead atoms. The molecule has 3 aromatic carbocycles. The number of carbonyl (C=O) groups is 3. The number of rotatable bonds is 8. The van der Waals surface area contributed by atoms with Crippen LogP contribution >= 0.6 is 0 Å². The van der Waals surface area contributed by atoms with E-state index >= 15 is 0 Å². The average molecular weight is 459 g/mol. The van der Waals surface area contributed by atoms with Gasteiger partial charge in [-0.3, -0.25) is 9.59 Å². The second kappa shape index (κ2) is 10.2. The van der Waals surface area contributed by atoms with E-state index in [-0.39, 0.29) is 19.1 Å². The number of carboxylic acid groups (broad SMARTS) is 1. The molecule has 7 nitrogen and oxygen atoms in total. The number of fused-ring (bicyclic) bond motifs is 3. The van der Waals surface area contributed by atoms with Gasteiger partial charge in [-0.2, -0.15) is 0 Å². The SMILES string of the molecule is CN(CC(=O)O)C(=O)C(CNC(=O)OCC1c2ccccc2-c2ccccc21)c1ccccc1. The molecule has 4 rings (SSSR count). The van der Waals surface area contributed by atoms with Gasteiger partial charge in [0.15, 0.2) is 0 Å². The predicted octanol–water partition coefficient (Wildman–Crippen LogP) is 3.85. The maximum atomic E-state index is 12.9. The first-order chi connectivity index (χ1) is 16.5. The first-order valence-electron chi connectivity index (χ1n) is 11.1. The topological polar surface area (TPSA) is 95.9 Å². The van der Waals surface area contributed by atoms with Gasteiger partial charge in [0.1, 0.15) is 13.2 Å². The van der Waals surface area contributed by atoms with Crippen molar-refractivity contribution in [3.8, 4) is 11.1 Å². The fourth-order valence-electron chi connectivity index (χ4n) is 4.41. The van der Waals surface area contributed by atoms with E-state index in [2.05, 4.69) is 17.4 Å². The molecular weight excluding hydrogens is 432 g/mol. The van der Waals surface area contributed by atoms with Crippen LogP contribution in [0.15, 0.2) is 78.9 Å². The van der Waals surface area contributed by atoms with Crippen LogP contribution in [0.5, 0.6) is 0 Å². The molecule has 1 aliphatic carbocycles. The van der Waals surface area contributed by atoms with Crippen LogP contribution in [-0.2, 0) is 14.3 Å². The van der Waals surface area contributed by atoms with Crippen LogP contribution in [0.4, 0.5) is 4.79 Å². The van der Waals surface area contributed by atoms with E-state index in [1.165, 1.54) is 7.05 Å². The molecule has 174 valence electrons. The van der Waals surface area contributed by atoms with Crippen LogP contribution in [0.1, 0.15) is 28.5 Å². The number of aliphatic carboxylic acids is 1. The van der Waals surface area contributed by atoms with E-state index in [9.17, 15) is 14.4 Å². The molecule has 0 heterocycles. The standard InChI is InChI=1S/C27H26N2O5/c1-29(16-25(30)31)26(32)23(18-9-3-2-4-10-18)15-28-27(33)34-17-24-21-13-7-5-11-19(21)20-12-6-8-14-22(20)24/h2-14,23-24H,15-17H2,1H3,(H,28,33)(H,30,31). The van der Waals surface area contributed by atoms with Gasteiger partial charge in [0.25, 0.3) is 0 Å². The van der Waals surface area contributed by atoms with E-state index in [4.69, 9.17) is 9.84 Å². The molecule has 34 heavy (non-hydrogen) atoms. The molecule has 1 unspecified atom stereocenters. The van der Waals surface area contributed by atoms with Gasteiger partial charge in [0.05, 0.1) is 5.92 Å². The molecule has 0 aliphatic heterocycles. The summed E-state index contributed by atoms with van der Waals surface area (Å²) in [5.41, 5.74) is 5.20. The summed E-state index contributed by atoms with van der Waals surface area (Å²) in [5.74, 6) is -2.29. The number of ether oxygens (including phenoxy) is 1. The molecule has 0 saturated heterocycles. The van der Waals surface area contributed by atoms with Crippen LogP contribution in [-0.4, -0.2) is 54.7 Å². The number of nitrogens with one attached hydrogen (secondary N) is 1. The lowest BCUT2D eigenvalue weighted by Crippen LogP contribution is -2.40. The lowest BCUT2D eigenvalue weighted by atomic mass is 9.97. The highest BCUT2D eigenvalue weighted by Crippen LogP contribution is 2.44. The lowest BCUT2D eigenvalue weighted by Gasteiger charge is -2.23. The Morgan fingerprint density at radius 3 is 2.06 bits per heavy atom. The van der Waals surface area contributed by atoms with Crippen molar-refractivity contribution >= 4 is 18.0 Å². The summed E-state index contributed by atoms with van der Waals surface area (Å²) >= 11 is 0. The molecule has 1 aliphatic rings. The van der Waals surface area contributed by atoms with Gasteiger partial charge < -0.3 is 20.1 Å². The van der Waals surface area contributed by atoms with Crippen molar-refractivity contribution in [2.24, 2.45) is 0 Å². The van der Waals surface area contributed by atoms with Gasteiger partial charge in [0, 0.05) is 19.5 Å². The molecule has 3 aromatic rings. The van der Waals surface area contributed by atoms with Crippen LogP contribution < -0.4 is 5.32 Å². The Kier molecular flexibility index (Phi) is 6.92. The zero-order valence-corrected chi connectivity index (χ0v) is 18.8. The molecular formula is C27H26N2O5. The quantitative estimate of drug-likeness (QED) is 0.535. The number of nitrogens with zero attached hydrogens (tertiary/aromatic N) is 1. The van der Waals surface area contributed by atoms with Crippen LogP contribution in [0.25, 0.3) is 11.1 Å². The van der Waals surface area contributed by atoms with Crippen molar-refractivity contribution in [1.29, 1.82) is 0 Å². The van der Waals surface area contributed by atoms with Crippen molar-refractivity contribution in [2.45, 2.75) is 11.8 Å². The second-order valence-corrected chi connectivity index (χ2v) is 8.26. The number of carboxylic acids is 1. The fraction of sp³-hybridized carbons (Fsp3) is 0.222. The van der Waals surface area contributed by atoms with E-state index in [0.717, 1.165) is 27.2 Å². The van der Waals surface area contributed by atoms with Gasteiger partial charge in [0.2, 0.25) is 5.91 Å². The molecule has 0 aromatic heterocycles. The molecule has 2 amide bonds. The van der Waals surface area contributed by atoms with Gasteiger partial charge in [-0.1, -0.05) is 78.9 Å². The average Bonchev–Trinajstić information content (AvgIpc) is 3.16. The minimum absolute atomic E-state index is 0.0104. The highest BCUT2D eigenvalue weighted by atomic mass is 16.5. The second-order valence-electron chi connectivity index (χ2n) is 8.26. The maximum Gasteiger partial charge on any atom is 0.407 e. The Labute approximate surface area is 198 Å². The highest BCUT2D eigenvalue weighted by molar-refractivity contribution is 5.87. The molecule has 0 fully saturated rings. The minimum atomic E-state index is -1.10. The van der Waals surface area contributed by atoms with Gasteiger partial charge >= 0.3 is 12.1 Å². The third kappa shape index (κ3) is 4.93. The molecule has 0 spiro atoms. The van der Waals surface area contributed by atoms with Crippen molar-refractivity contribution in [3.63, 3.8) is 0 Å². The monoisotopic (exact) mass is 458 g/mol. The molecule has 2 N–H and O–H groups in total. The summed E-state index contributed by atoms with van der Waals surface area (Å²) in [6.07, 6.45) is -0.628. The van der Waals surface area contributed by atoms with Crippen LogP contribution in [0.3, 0.4) is 0 Å². The number of amides is 2. The molecule has 7 heteroatoms. The zero-order valence-electron chi connectivity index (χ0n) is 18.8. The number of likely N-dealkylation sites (N-methyl/N-ethyl adjacent to an activating group) is 1. The Bertz CT molecular complexity index is 1150. The van der Waals surface area contributed by atoms with Gasteiger partial charge in [-0.15, -0.1) is 0 Å². The summed E-state index contributed by atoms with van der Waals surface area (Å²) in [6.45, 7) is -0.265. The Morgan fingerprint density at radius 1 is 0.912 bits per heavy atom. The minimum Gasteiger partial charge on any atom is -0.480 e. The third-order valence-electron chi connectivity index (χ3n) is 6.04. The van der Waals surface area contributed by atoms with E-state index in [1.807, 2.05) is 42.5 Å². The van der Waals surface area contributed by atoms with Crippen molar-refractivity contribution in [2.75, 3.05) is 26.7 Å². The summed E-state index contributed by atoms with van der Waals surface area (Å²) < 4.78 is 5.56. The Balaban J connectivity index is 1.42. The zero-order chi connectivity index (χ0) is 24.1. The summed E-state index contributed by atoms with van der Waals surface area (Å²) in [6, 6.07) is 25.1. The predicted molar refractivity (Wildman–Crippen MR) is 128 cm³/mol. The normalized spacial score (nSPS) is 12.9. The largest absolute Gasteiger partial charge is 0.480 e. The maximum absolute atomic E-state index is 12.9. The molecule has 0 radical (unpaired) electrons. The van der Waals surface area contributed by atoms with Crippen LogP contribution in [0, 0.1) is 0 Å². The smallest absolute Gasteiger partial charge is 0.407 e. The summed E-state index contributed by atoms with van der Waals surface area (Å²) in [5, 5.41) is 11.7. The fourth-order valence-corrected chi connectivity index (χ4v) is 4.41. The van der Waals surface area contributed by atoms with E-state index in [0.29, 0.717) is 5.56 Å². The van der Waals surface area contributed by atoms with E-state index in [1.54, 1.807) is 24.3 Å². The Hall–Kier alpha value is -4.13. The van der Waals surface area contributed by atoms with Crippen molar-refractivity contribution < 1.29 is 24.2 Å². The first kappa shape index (κ1) is 23.0. The summed E-state index contributed by atoms with van der Waals surface area (Å²) in [7, 11) is 1.43. The van der Waals surface area contributed by atoms with Gasteiger partial charge in [-0.05, 0) is 27.8 Å². The number of carbonyl (C=O) groups excluding carboxylic acids is 2. The van der Waals surface area contributed by atoms with E-state index < -0.39 is 30.4 Å². The van der Waals surface area contributed by atoms with Crippen LogP contribution in [0.2, 0.25) is 0 Å². The Morgan fingerprint density at radius 2 is 1.47 bits per heavy atom. The lowest BCUT2D eigenvalue weighted by molar-refractivity contribution is -0.144. The van der Waals surface area contributed by atoms with Crippen molar-refractivity contribution in [3.05, 3.63) is 95.6 Å². The third-order valence-corrected chi connectivity index (χ3v) is 6.04. The number of benzene rings is 3. The number of hydrogen-bond acceptors (Lipinski definition) is 4. The number of hydrogen-bond donors (Lipinski definition) is 2. The summed E-state index contributed by atoms with van der Waals surface area (Å²) in [4.78, 5) is 37.7. The first-order valence-corrected chi connectivity index (χ1v) is 11.1.